The lowest BCUT2D eigenvalue weighted by molar-refractivity contribution is -0.145. The van der Waals surface area contributed by atoms with Gasteiger partial charge in [0.2, 0.25) is 0 Å². The van der Waals surface area contributed by atoms with Crippen molar-refractivity contribution in [3.05, 3.63) is 66.0 Å². The Kier molecular flexibility index (Phi) is 6.54. The van der Waals surface area contributed by atoms with E-state index in [4.69, 9.17) is 4.74 Å². The van der Waals surface area contributed by atoms with E-state index in [1.165, 1.54) is 12.7 Å². The number of likely N-dealkylation sites (tertiary alicyclic amines) is 1. The number of hydrogen-bond acceptors (Lipinski definition) is 5. The number of aryl methyl sites for hydroxylation is 1. The van der Waals surface area contributed by atoms with Crippen molar-refractivity contribution in [1.29, 1.82) is 0 Å². The van der Waals surface area contributed by atoms with Crippen LogP contribution >= 0.6 is 0 Å². The first-order valence-corrected chi connectivity index (χ1v) is 9.24. The molecule has 3 rings (SSSR count). The summed E-state index contributed by atoms with van der Waals surface area (Å²) in [6, 6.07) is 13.3. The molecule has 1 aromatic heterocycles. The fourth-order valence-corrected chi connectivity index (χ4v) is 3.54. The Morgan fingerprint density at radius 2 is 1.93 bits per heavy atom. The number of esters is 1. The lowest BCUT2D eigenvalue weighted by Gasteiger charge is -2.22. The molecule has 1 N–H and O–H groups in total. The maximum atomic E-state index is 12.4. The van der Waals surface area contributed by atoms with Gasteiger partial charge in [0.15, 0.2) is 0 Å². The first kappa shape index (κ1) is 19.0. The van der Waals surface area contributed by atoms with Crippen LogP contribution in [0.3, 0.4) is 0 Å². The summed E-state index contributed by atoms with van der Waals surface area (Å²) in [6.45, 7) is 1.43. The minimum atomic E-state index is -0.312. The van der Waals surface area contributed by atoms with E-state index in [9.17, 15) is 9.59 Å². The van der Waals surface area contributed by atoms with E-state index < -0.39 is 0 Å². The fourth-order valence-electron chi connectivity index (χ4n) is 3.54. The van der Waals surface area contributed by atoms with Crippen molar-refractivity contribution in [2.45, 2.75) is 31.3 Å². The van der Waals surface area contributed by atoms with Gasteiger partial charge in [-0.05, 0) is 43.5 Å². The van der Waals surface area contributed by atoms with Gasteiger partial charge in [0.25, 0.3) is 5.91 Å². The summed E-state index contributed by atoms with van der Waals surface area (Å²) in [4.78, 5) is 30.6. The van der Waals surface area contributed by atoms with Gasteiger partial charge >= 0.3 is 5.97 Å². The molecular weight excluding hydrogens is 342 g/mol. The normalized spacial score (nSPS) is 19.6. The number of carbonyl (C=O) groups excluding carboxylic acids is 2. The first-order valence-electron chi connectivity index (χ1n) is 9.24. The zero-order valence-corrected chi connectivity index (χ0v) is 15.5. The lowest BCUT2D eigenvalue weighted by Crippen LogP contribution is -2.38. The Morgan fingerprint density at radius 1 is 1.19 bits per heavy atom. The molecule has 2 heterocycles. The summed E-state index contributed by atoms with van der Waals surface area (Å²) < 4.78 is 4.97. The minimum Gasteiger partial charge on any atom is -0.468 e. The molecule has 1 amide bonds. The van der Waals surface area contributed by atoms with E-state index in [1.54, 1.807) is 24.5 Å². The lowest BCUT2D eigenvalue weighted by atomic mass is 10.1. The number of methoxy groups -OCH3 is 1. The second kappa shape index (κ2) is 9.28. The Bertz CT molecular complexity index is 752. The number of nitrogens with one attached hydrogen (secondary N) is 1. The highest BCUT2D eigenvalue weighted by Crippen LogP contribution is 2.20. The molecule has 1 aromatic carbocycles. The average molecular weight is 367 g/mol. The van der Waals surface area contributed by atoms with E-state index in [2.05, 4.69) is 27.3 Å². The van der Waals surface area contributed by atoms with Gasteiger partial charge in [-0.3, -0.25) is 19.5 Å². The van der Waals surface area contributed by atoms with Crippen molar-refractivity contribution in [1.82, 2.24) is 15.2 Å². The topological polar surface area (TPSA) is 71.5 Å². The van der Waals surface area contributed by atoms with Crippen LogP contribution in [0.15, 0.2) is 54.9 Å². The molecule has 2 atom stereocenters. The third-order valence-electron chi connectivity index (χ3n) is 4.91. The van der Waals surface area contributed by atoms with Gasteiger partial charge in [-0.25, -0.2) is 0 Å². The smallest absolute Gasteiger partial charge is 0.323 e. The van der Waals surface area contributed by atoms with Crippen molar-refractivity contribution in [2.75, 3.05) is 20.2 Å². The number of amides is 1. The van der Waals surface area contributed by atoms with Crippen LogP contribution in [-0.4, -0.2) is 54.0 Å². The summed E-state index contributed by atoms with van der Waals surface area (Å²) in [6.07, 6.45) is 5.66. The maximum absolute atomic E-state index is 12.4. The number of rotatable bonds is 7. The molecule has 1 aliphatic heterocycles. The standard InChI is InChI=1S/C21H25N3O3/c1-27-21(26)19-14-18(23-20(25)17-9-11-22-12-10-17)15-24(19)13-5-8-16-6-3-2-4-7-16/h2-4,6-7,9-12,18-19H,5,8,13-15H2,1H3,(H,23,25)/t18-,19-/m0/s1. The number of nitrogens with zero attached hydrogens (tertiary/aromatic N) is 2. The van der Waals surface area contributed by atoms with Gasteiger partial charge in [0, 0.05) is 30.5 Å². The van der Waals surface area contributed by atoms with Crippen LogP contribution in [0.5, 0.6) is 0 Å². The number of pyridine rings is 1. The van der Waals surface area contributed by atoms with Crippen molar-refractivity contribution in [3.63, 3.8) is 0 Å². The SMILES string of the molecule is COC(=O)[C@@H]1C[C@H](NC(=O)c2ccncc2)CN1CCCc1ccccc1. The number of carbonyl (C=O) groups is 2. The molecule has 1 fully saturated rings. The van der Waals surface area contributed by atoms with Crippen LogP contribution in [0.25, 0.3) is 0 Å². The van der Waals surface area contributed by atoms with E-state index in [0.29, 0.717) is 18.5 Å². The van der Waals surface area contributed by atoms with Gasteiger partial charge < -0.3 is 10.1 Å². The zero-order chi connectivity index (χ0) is 19.1. The van der Waals surface area contributed by atoms with Crippen molar-refractivity contribution in [3.8, 4) is 0 Å². The molecule has 142 valence electrons. The monoisotopic (exact) mass is 367 g/mol. The second-order valence-electron chi connectivity index (χ2n) is 6.77. The van der Waals surface area contributed by atoms with Gasteiger partial charge in [0.05, 0.1) is 7.11 Å². The van der Waals surface area contributed by atoms with Crippen molar-refractivity contribution < 1.29 is 14.3 Å². The molecular formula is C21H25N3O3. The number of hydrogen-bond donors (Lipinski definition) is 1. The number of benzene rings is 1. The molecule has 2 aromatic rings. The predicted octanol–water partition coefficient (Wildman–Crippen LogP) is 2.06. The van der Waals surface area contributed by atoms with Crippen LogP contribution < -0.4 is 5.32 Å². The van der Waals surface area contributed by atoms with Crippen LogP contribution in [0, 0.1) is 0 Å². The molecule has 6 heteroatoms. The molecule has 6 nitrogen and oxygen atoms in total. The summed E-state index contributed by atoms with van der Waals surface area (Å²) in [7, 11) is 1.41. The van der Waals surface area contributed by atoms with Gasteiger partial charge in [-0.1, -0.05) is 30.3 Å². The maximum Gasteiger partial charge on any atom is 0.323 e. The van der Waals surface area contributed by atoms with Crippen molar-refractivity contribution >= 4 is 11.9 Å². The molecule has 0 saturated carbocycles. The van der Waals surface area contributed by atoms with Gasteiger partial charge in [0.1, 0.15) is 6.04 Å². The zero-order valence-electron chi connectivity index (χ0n) is 15.5. The molecule has 0 aliphatic carbocycles. The van der Waals surface area contributed by atoms with Crippen molar-refractivity contribution in [2.24, 2.45) is 0 Å². The number of ether oxygens (including phenoxy) is 1. The summed E-state index contributed by atoms with van der Waals surface area (Å²) in [5.74, 6) is -0.382. The predicted molar refractivity (Wildman–Crippen MR) is 102 cm³/mol. The highest BCUT2D eigenvalue weighted by atomic mass is 16.5. The molecule has 1 saturated heterocycles. The third kappa shape index (κ3) is 5.14. The second-order valence-corrected chi connectivity index (χ2v) is 6.77. The van der Waals surface area contributed by atoms with Crippen LogP contribution in [0.4, 0.5) is 0 Å². The van der Waals surface area contributed by atoms with E-state index in [0.717, 1.165) is 19.4 Å². The molecule has 0 spiro atoms. The molecule has 1 aliphatic rings. The Labute approximate surface area is 159 Å². The molecule has 0 bridgehead atoms. The van der Waals surface area contributed by atoms with Crippen LogP contribution in [0.1, 0.15) is 28.8 Å². The highest BCUT2D eigenvalue weighted by molar-refractivity contribution is 5.94. The summed E-state index contributed by atoms with van der Waals surface area (Å²) in [5.41, 5.74) is 1.86. The molecule has 0 unspecified atom stereocenters. The van der Waals surface area contributed by atoms with Gasteiger partial charge in [-0.2, -0.15) is 0 Å². The largest absolute Gasteiger partial charge is 0.468 e. The molecule has 0 radical (unpaired) electrons. The highest BCUT2D eigenvalue weighted by Gasteiger charge is 2.37. The van der Waals surface area contributed by atoms with Crippen LogP contribution in [-0.2, 0) is 16.0 Å². The number of aromatic nitrogens is 1. The van der Waals surface area contributed by atoms with E-state index >= 15 is 0 Å². The van der Waals surface area contributed by atoms with E-state index in [1.807, 2.05) is 18.2 Å². The summed E-state index contributed by atoms with van der Waals surface area (Å²) >= 11 is 0. The Hall–Kier alpha value is -2.73. The Balaban J connectivity index is 1.57. The average Bonchev–Trinajstić information content (AvgIpc) is 3.11. The summed E-state index contributed by atoms with van der Waals surface area (Å²) in [5, 5.41) is 3.03. The van der Waals surface area contributed by atoms with E-state index in [-0.39, 0.29) is 24.0 Å². The third-order valence-corrected chi connectivity index (χ3v) is 4.91. The molecule has 27 heavy (non-hydrogen) atoms. The minimum absolute atomic E-state index is 0.0773. The van der Waals surface area contributed by atoms with Gasteiger partial charge in [-0.15, -0.1) is 0 Å². The fraction of sp³-hybridized carbons (Fsp3) is 0.381. The first-order chi connectivity index (χ1) is 13.2. The Morgan fingerprint density at radius 3 is 2.63 bits per heavy atom. The quantitative estimate of drug-likeness (QED) is 0.759. The van der Waals surface area contributed by atoms with Crippen LogP contribution in [0.2, 0.25) is 0 Å².